The Labute approximate surface area is 156 Å². The van der Waals surface area contributed by atoms with E-state index in [4.69, 9.17) is 9.73 Å². The van der Waals surface area contributed by atoms with Crippen molar-refractivity contribution in [3.8, 4) is 0 Å². The fourth-order valence-corrected chi connectivity index (χ4v) is 3.33. The predicted molar refractivity (Wildman–Crippen MR) is 105 cm³/mol. The summed E-state index contributed by atoms with van der Waals surface area (Å²) in [7, 11) is 0. The first-order chi connectivity index (χ1) is 12.0. The maximum absolute atomic E-state index is 12.7. The molecule has 2 rings (SSSR count). The molecule has 6 nitrogen and oxygen atoms in total. The van der Waals surface area contributed by atoms with Gasteiger partial charge in [0.2, 0.25) is 5.91 Å². The van der Waals surface area contributed by atoms with Crippen LogP contribution >= 0.6 is 11.8 Å². The molecule has 2 aliphatic rings. The molecule has 1 amide bonds. The number of amides is 1. The van der Waals surface area contributed by atoms with Crippen molar-refractivity contribution >= 4 is 23.6 Å². The highest BCUT2D eigenvalue weighted by atomic mass is 32.2. The summed E-state index contributed by atoms with van der Waals surface area (Å²) >= 11 is 1.84. The summed E-state index contributed by atoms with van der Waals surface area (Å²) in [5.74, 6) is 1.45. The summed E-state index contributed by atoms with van der Waals surface area (Å²) in [6, 6.07) is 0. The van der Waals surface area contributed by atoms with Crippen LogP contribution in [0.3, 0.4) is 0 Å². The number of guanidine groups is 1. The number of hydrogen-bond acceptors (Lipinski definition) is 4. The molecule has 0 radical (unpaired) electrons. The first-order valence-electron chi connectivity index (χ1n) is 9.42. The number of morpholine rings is 1. The molecule has 2 heterocycles. The Morgan fingerprint density at radius 1 is 1.20 bits per heavy atom. The third-order valence-corrected chi connectivity index (χ3v) is 6.20. The maximum atomic E-state index is 12.7. The Bertz CT molecular complexity index is 456. The number of hydrogen-bond donors (Lipinski definition) is 1. The second-order valence-electron chi connectivity index (χ2n) is 7.33. The summed E-state index contributed by atoms with van der Waals surface area (Å²) in [5.41, 5.74) is 0. The van der Waals surface area contributed by atoms with Gasteiger partial charge in [-0.1, -0.05) is 0 Å². The lowest BCUT2D eigenvalue weighted by Gasteiger charge is -2.37. The van der Waals surface area contributed by atoms with E-state index in [0.717, 1.165) is 58.1 Å². The second kappa shape index (κ2) is 9.67. The fourth-order valence-electron chi connectivity index (χ4n) is 3.14. The van der Waals surface area contributed by atoms with Gasteiger partial charge in [0.15, 0.2) is 5.96 Å². The van der Waals surface area contributed by atoms with Crippen molar-refractivity contribution in [1.82, 2.24) is 15.1 Å². The zero-order valence-electron chi connectivity index (χ0n) is 16.2. The lowest BCUT2D eigenvalue weighted by molar-refractivity contribution is -0.140. The third-order valence-electron chi connectivity index (χ3n) is 4.96. The fraction of sp³-hybridized carbons (Fsp3) is 0.889. The van der Waals surface area contributed by atoms with E-state index >= 15 is 0 Å². The van der Waals surface area contributed by atoms with Gasteiger partial charge in [-0.15, -0.1) is 0 Å². The van der Waals surface area contributed by atoms with Crippen LogP contribution in [0.2, 0.25) is 0 Å². The topological polar surface area (TPSA) is 57.2 Å². The Balaban J connectivity index is 1.89. The van der Waals surface area contributed by atoms with E-state index < -0.39 is 0 Å². The molecule has 7 heteroatoms. The van der Waals surface area contributed by atoms with Gasteiger partial charge in [0, 0.05) is 43.4 Å². The van der Waals surface area contributed by atoms with Crippen LogP contribution in [0.15, 0.2) is 4.99 Å². The van der Waals surface area contributed by atoms with Crippen molar-refractivity contribution in [3.05, 3.63) is 0 Å². The van der Waals surface area contributed by atoms with Gasteiger partial charge in [0.25, 0.3) is 0 Å². The molecule has 0 aromatic rings. The summed E-state index contributed by atoms with van der Waals surface area (Å²) in [4.78, 5) is 21.8. The largest absolute Gasteiger partial charge is 0.378 e. The molecule has 2 fully saturated rings. The van der Waals surface area contributed by atoms with E-state index in [1.54, 1.807) is 0 Å². The van der Waals surface area contributed by atoms with Gasteiger partial charge in [-0.25, -0.2) is 0 Å². The minimum atomic E-state index is 0.144. The minimum Gasteiger partial charge on any atom is -0.378 e. The van der Waals surface area contributed by atoms with Crippen molar-refractivity contribution in [2.75, 3.05) is 58.7 Å². The maximum Gasteiger partial charge on any atom is 0.225 e. The van der Waals surface area contributed by atoms with Crippen LogP contribution in [0.25, 0.3) is 0 Å². The predicted octanol–water partition coefficient (Wildman–Crippen LogP) is 1.66. The number of nitrogens with zero attached hydrogens (tertiary/aromatic N) is 3. The van der Waals surface area contributed by atoms with Crippen LogP contribution in [0.4, 0.5) is 0 Å². The van der Waals surface area contributed by atoms with E-state index in [1.165, 1.54) is 0 Å². The average molecular weight is 371 g/mol. The standard InChI is InChI=1S/C18H34N4O2S/c1-5-19-17(20-14-18(2,3)25-4)22-8-6-15(7-9-22)16(23)21-10-12-24-13-11-21/h15H,5-14H2,1-4H3,(H,19,20). The van der Waals surface area contributed by atoms with Gasteiger partial charge in [0.05, 0.1) is 19.8 Å². The number of rotatable bonds is 5. The highest BCUT2D eigenvalue weighted by Crippen LogP contribution is 2.23. The molecule has 25 heavy (non-hydrogen) atoms. The van der Waals surface area contributed by atoms with Gasteiger partial charge in [0.1, 0.15) is 0 Å². The van der Waals surface area contributed by atoms with Crippen molar-refractivity contribution in [1.29, 1.82) is 0 Å². The van der Waals surface area contributed by atoms with Crippen molar-refractivity contribution in [2.45, 2.75) is 38.4 Å². The lowest BCUT2D eigenvalue weighted by atomic mass is 9.95. The summed E-state index contributed by atoms with van der Waals surface area (Å²) in [6.07, 6.45) is 3.95. The van der Waals surface area contributed by atoms with Gasteiger partial charge in [-0.05, 0) is 39.9 Å². The first kappa shape index (κ1) is 20.4. The highest BCUT2D eigenvalue weighted by Gasteiger charge is 2.30. The molecule has 2 saturated heterocycles. The van der Waals surface area contributed by atoms with Crippen molar-refractivity contribution in [3.63, 3.8) is 0 Å². The number of thioether (sulfide) groups is 1. The SMILES string of the molecule is CCNC(=NCC(C)(C)SC)N1CCC(C(=O)N2CCOCC2)CC1. The van der Waals surface area contributed by atoms with E-state index in [9.17, 15) is 4.79 Å². The van der Waals surface area contributed by atoms with E-state index in [-0.39, 0.29) is 10.7 Å². The van der Waals surface area contributed by atoms with Crippen LogP contribution in [0.1, 0.15) is 33.6 Å². The molecule has 0 aromatic heterocycles. The Morgan fingerprint density at radius 2 is 1.84 bits per heavy atom. The Morgan fingerprint density at radius 3 is 2.40 bits per heavy atom. The number of carbonyl (C=O) groups is 1. The molecule has 0 aliphatic carbocycles. The first-order valence-corrected chi connectivity index (χ1v) is 10.6. The van der Waals surface area contributed by atoms with Gasteiger partial charge in [-0.2, -0.15) is 11.8 Å². The second-order valence-corrected chi connectivity index (χ2v) is 8.85. The number of carbonyl (C=O) groups excluding carboxylic acids is 1. The highest BCUT2D eigenvalue weighted by molar-refractivity contribution is 7.99. The molecular weight excluding hydrogens is 336 g/mol. The van der Waals surface area contributed by atoms with Crippen LogP contribution in [-0.2, 0) is 9.53 Å². The van der Waals surface area contributed by atoms with Gasteiger partial charge < -0.3 is 19.9 Å². The summed E-state index contributed by atoms with van der Waals surface area (Å²) < 4.78 is 5.49. The summed E-state index contributed by atoms with van der Waals surface area (Å²) in [5, 5.41) is 3.41. The monoisotopic (exact) mass is 370 g/mol. The lowest BCUT2D eigenvalue weighted by Crippen LogP contribution is -2.50. The summed E-state index contributed by atoms with van der Waals surface area (Å²) in [6.45, 7) is 12.8. The van der Waals surface area contributed by atoms with Crippen molar-refractivity contribution in [2.24, 2.45) is 10.9 Å². The third kappa shape index (κ3) is 6.06. The number of aliphatic imine (C=N–C) groups is 1. The quantitative estimate of drug-likeness (QED) is 0.589. The molecule has 0 unspecified atom stereocenters. The molecular formula is C18H34N4O2S. The van der Waals surface area contributed by atoms with Crippen LogP contribution < -0.4 is 5.32 Å². The molecule has 1 N–H and O–H groups in total. The van der Waals surface area contributed by atoms with E-state index in [1.807, 2.05) is 16.7 Å². The molecule has 0 saturated carbocycles. The zero-order chi connectivity index (χ0) is 18.3. The molecule has 0 spiro atoms. The number of piperidine rings is 1. The molecule has 144 valence electrons. The normalized spacial score (nSPS) is 20.7. The molecule has 2 aliphatic heterocycles. The minimum absolute atomic E-state index is 0.144. The zero-order valence-corrected chi connectivity index (χ0v) is 17.0. The van der Waals surface area contributed by atoms with Crippen LogP contribution in [0, 0.1) is 5.92 Å². The number of ether oxygens (including phenoxy) is 1. The van der Waals surface area contributed by atoms with Gasteiger partial charge >= 0.3 is 0 Å². The number of likely N-dealkylation sites (tertiary alicyclic amines) is 1. The average Bonchev–Trinajstić information content (AvgIpc) is 2.65. The smallest absolute Gasteiger partial charge is 0.225 e. The molecule has 0 atom stereocenters. The van der Waals surface area contributed by atoms with Crippen LogP contribution in [0.5, 0.6) is 0 Å². The molecule has 0 aromatic carbocycles. The number of nitrogens with one attached hydrogen (secondary N) is 1. The van der Waals surface area contributed by atoms with E-state index in [2.05, 4.69) is 37.2 Å². The Kier molecular flexibility index (Phi) is 7.87. The van der Waals surface area contributed by atoms with E-state index in [0.29, 0.717) is 19.1 Å². The molecule has 0 bridgehead atoms. The van der Waals surface area contributed by atoms with Crippen LogP contribution in [-0.4, -0.2) is 85.2 Å². The Hall–Kier alpha value is -0.950. The van der Waals surface area contributed by atoms with Crippen molar-refractivity contribution < 1.29 is 9.53 Å². The van der Waals surface area contributed by atoms with Gasteiger partial charge in [-0.3, -0.25) is 9.79 Å².